The molecule has 3 rings (SSSR count). The van der Waals surface area contributed by atoms with Crippen molar-refractivity contribution in [2.24, 2.45) is 0 Å². The number of amides is 1. The largest absolute Gasteiger partial charge is 0.550 e. The molecule has 3 aromatic rings. The molecule has 23 heavy (non-hydrogen) atoms. The number of anilines is 1. The highest BCUT2D eigenvalue weighted by molar-refractivity contribution is 6.07. The third-order valence-electron chi connectivity index (χ3n) is 3.53. The standard InChI is InChI=1S/C17H15NO5/c1-22-15-8-11-10-4-2-3-5-13(10)23-14(11)9-12(15)18-16(19)6-7-17(20)21/h2-5,8-9H,6-7H2,1H3,(H,18,19)(H,20,21)/p-1. The molecule has 0 unspecified atom stereocenters. The molecule has 0 saturated heterocycles. The Balaban J connectivity index is 1.98. The van der Waals surface area contributed by atoms with Crippen LogP contribution in [0.15, 0.2) is 40.8 Å². The van der Waals surface area contributed by atoms with Gasteiger partial charge in [0.2, 0.25) is 5.91 Å². The summed E-state index contributed by atoms with van der Waals surface area (Å²) in [6.07, 6.45) is -0.495. The van der Waals surface area contributed by atoms with Gasteiger partial charge in [-0.3, -0.25) is 4.79 Å². The molecule has 0 radical (unpaired) electrons. The number of carboxylic acids is 1. The van der Waals surface area contributed by atoms with Crippen LogP contribution >= 0.6 is 0 Å². The van der Waals surface area contributed by atoms with Crippen molar-refractivity contribution in [3.63, 3.8) is 0 Å². The average Bonchev–Trinajstić information content (AvgIpc) is 2.89. The van der Waals surface area contributed by atoms with E-state index < -0.39 is 11.9 Å². The van der Waals surface area contributed by atoms with Crippen LogP contribution in [0.1, 0.15) is 12.8 Å². The number of hydrogen-bond donors (Lipinski definition) is 1. The highest BCUT2D eigenvalue weighted by atomic mass is 16.5. The minimum Gasteiger partial charge on any atom is -0.550 e. The Morgan fingerprint density at radius 3 is 2.65 bits per heavy atom. The molecule has 6 heteroatoms. The Kier molecular flexibility index (Phi) is 3.89. The first-order valence-electron chi connectivity index (χ1n) is 7.07. The fraction of sp³-hybridized carbons (Fsp3) is 0.176. The van der Waals surface area contributed by atoms with Gasteiger partial charge in [0.1, 0.15) is 16.9 Å². The molecule has 6 nitrogen and oxygen atoms in total. The smallest absolute Gasteiger partial charge is 0.224 e. The second-order valence-electron chi connectivity index (χ2n) is 5.07. The van der Waals surface area contributed by atoms with E-state index >= 15 is 0 Å². The molecule has 0 saturated carbocycles. The molecule has 0 aliphatic carbocycles. The molecule has 0 aliphatic rings. The van der Waals surface area contributed by atoms with E-state index in [1.165, 1.54) is 7.11 Å². The maximum atomic E-state index is 11.8. The minimum absolute atomic E-state index is 0.163. The molecule has 1 aromatic heterocycles. The van der Waals surface area contributed by atoms with Gasteiger partial charge in [-0.15, -0.1) is 0 Å². The highest BCUT2D eigenvalue weighted by Crippen LogP contribution is 2.36. The number of carbonyl (C=O) groups excluding carboxylic acids is 2. The van der Waals surface area contributed by atoms with Crippen molar-refractivity contribution in [2.75, 3.05) is 12.4 Å². The first-order valence-corrected chi connectivity index (χ1v) is 7.07. The molecule has 0 atom stereocenters. The summed E-state index contributed by atoms with van der Waals surface area (Å²) in [4.78, 5) is 22.2. The third-order valence-corrected chi connectivity index (χ3v) is 3.53. The fourth-order valence-corrected chi connectivity index (χ4v) is 2.45. The van der Waals surface area contributed by atoms with Crippen LogP contribution in [0, 0.1) is 0 Å². The summed E-state index contributed by atoms with van der Waals surface area (Å²) in [5, 5.41) is 14.9. The number of nitrogens with one attached hydrogen (secondary N) is 1. The predicted molar refractivity (Wildman–Crippen MR) is 83.1 cm³/mol. The number of carboxylic acid groups (broad SMARTS) is 1. The summed E-state index contributed by atoms with van der Waals surface area (Å²) in [7, 11) is 1.50. The van der Waals surface area contributed by atoms with Crippen LogP contribution in [0.2, 0.25) is 0 Å². The molecule has 0 bridgehead atoms. The number of aliphatic carboxylic acids is 1. The van der Waals surface area contributed by atoms with E-state index in [-0.39, 0.29) is 12.8 Å². The van der Waals surface area contributed by atoms with Crippen molar-refractivity contribution in [3.05, 3.63) is 36.4 Å². The Morgan fingerprint density at radius 2 is 1.91 bits per heavy atom. The van der Waals surface area contributed by atoms with E-state index in [4.69, 9.17) is 9.15 Å². The van der Waals surface area contributed by atoms with Crippen LogP contribution in [0.3, 0.4) is 0 Å². The summed E-state index contributed by atoms with van der Waals surface area (Å²) >= 11 is 0. The van der Waals surface area contributed by atoms with Crippen LogP contribution < -0.4 is 15.2 Å². The number of methoxy groups -OCH3 is 1. The van der Waals surface area contributed by atoms with Gasteiger partial charge in [0.25, 0.3) is 0 Å². The molecule has 2 aromatic carbocycles. The molecule has 1 N–H and O–H groups in total. The van der Waals surface area contributed by atoms with Crippen molar-refractivity contribution >= 4 is 39.5 Å². The summed E-state index contributed by atoms with van der Waals surface area (Å²) in [6.45, 7) is 0. The Bertz CT molecular complexity index is 897. The first kappa shape index (κ1) is 14.9. The zero-order chi connectivity index (χ0) is 16.4. The van der Waals surface area contributed by atoms with E-state index in [0.717, 1.165) is 16.4 Å². The highest BCUT2D eigenvalue weighted by Gasteiger charge is 2.13. The molecule has 1 amide bonds. The fourth-order valence-electron chi connectivity index (χ4n) is 2.45. The average molecular weight is 312 g/mol. The van der Waals surface area contributed by atoms with Crippen LogP contribution in [-0.4, -0.2) is 19.0 Å². The lowest BCUT2D eigenvalue weighted by atomic mass is 10.1. The second-order valence-corrected chi connectivity index (χ2v) is 5.07. The number of benzene rings is 2. The second kappa shape index (κ2) is 6.00. The Morgan fingerprint density at radius 1 is 1.13 bits per heavy atom. The summed E-state index contributed by atoms with van der Waals surface area (Å²) in [6, 6.07) is 11.1. The molecule has 0 fully saturated rings. The van der Waals surface area contributed by atoms with E-state index in [1.807, 2.05) is 24.3 Å². The number of carbonyl (C=O) groups is 2. The van der Waals surface area contributed by atoms with Crippen molar-refractivity contribution in [1.82, 2.24) is 0 Å². The number of hydrogen-bond acceptors (Lipinski definition) is 5. The zero-order valence-electron chi connectivity index (χ0n) is 12.4. The van der Waals surface area contributed by atoms with Gasteiger partial charge in [0.15, 0.2) is 0 Å². The van der Waals surface area contributed by atoms with Crippen molar-refractivity contribution in [1.29, 1.82) is 0 Å². The molecule has 1 heterocycles. The van der Waals surface area contributed by atoms with Gasteiger partial charge in [-0.25, -0.2) is 0 Å². The van der Waals surface area contributed by atoms with Gasteiger partial charge in [-0.1, -0.05) is 18.2 Å². The maximum absolute atomic E-state index is 11.8. The molecular weight excluding hydrogens is 298 g/mol. The van der Waals surface area contributed by atoms with E-state index in [9.17, 15) is 14.7 Å². The Labute approximate surface area is 131 Å². The quantitative estimate of drug-likeness (QED) is 0.778. The number of rotatable bonds is 5. The van der Waals surface area contributed by atoms with E-state index in [2.05, 4.69) is 5.32 Å². The van der Waals surface area contributed by atoms with Crippen LogP contribution in [0.5, 0.6) is 5.75 Å². The van der Waals surface area contributed by atoms with Gasteiger partial charge >= 0.3 is 0 Å². The van der Waals surface area contributed by atoms with Crippen LogP contribution in [-0.2, 0) is 9.59 Å². The first-order chi connectivity index (χ1) is 11.1. The van der Waals surface area contributed by atoms with Crippen LogP contribution in [0.4, 0.5) is 5.69 Å². The summed E-state index contributed by atoms with van der Waals surface area (Å²) in [5.74, 6) is -1.21. The molecule has 0 aliphatic heterocycles. The molecule has 0 spiro atoms. The lowest BCUT2D eigenvalue weighted by molar-refractivity contribution is -0.305. The maximum Gasteiger partial charge on any atom is 0.224 e. The summed E-state index contributed by atoms with van der Waals surface area (Å²) < 4.78 is 11.1. The van der Waals surface area contributed by atoms with Gasteiger partial charge in [0, 0.05) is 29.2 Å². The minimum atomic E-state index is -1.26. The lowest BCUT2D eigenvalue weighted by Crippen LogP contribution is -2.24. The van der Waals surface area contributed by atoms with Crippen molar-refractivity contribution in [2.45, 2.75) is 12.8 Å². The van der Waals surface area contributed by atoms with E-state index in [1.54, 1.807) is 12.1 Å². The van der Waals surface area contributed by atoms with Crippen LogP contribution in [0.25, 0.3) is 21.9 Å². The van der Waals surface area contributed by atoms with Gasteiger partial charge in [-0.2, -0.15) is 0 Å². The monoisotopic (exact) mass is 312 g/mol. The molecule has 118 valence electrons. The van der Waals surface area contributed by atoms with E-state index in [0.29, 0.717) is 17.0 Å². The SMILES string of the molecule is COc1cc2c(cc1NC(=O)CCC(=O)[O-])oc1ccccc12. The van der Waals surface area contributed by atoms with Gasteiger partial charge in [-0.05, 0) is 18.6 Å². The lowest BCUT2D eigenvalue weighted by Gasteiger charge is -2.10. The topological polar surface area (TPSA) is 91.6 Å². The molecular formula is C17H14NO5-. The van der Waals surface area contributed by atoms with Crippen molar-refractivity contribution < 1.29 is 23.8 Å². The van der Waals surface area contributed by atoms with Crippen molar-refractivity contribution in [3.8, 4) is 5.75 Å². The number of para-hydroxylation sites is 1. The number of ether oxygens (including phenoxy) is 1. The van der Waals surface area contributed by atoms with Gasteiger partial charge in [0.05, 0.1) is 12.8 Å². The zero-order valence-corrected chi connectivity index (χ0v) is 12.4. The normalized spacial score (nSPS) is 10.8. The van der Waals surface area contributed by atoms with Gasteiger partial charge < -0.3 is 24.4 Å². The number of fused-ring (bicyclic) bond motifs is 3. The number of furan rings is 1. The summed E-state index contributed by atoms with van der Waals surface area (Å²) in [5.41, 5.74) is 1.79. The third kappa shape index (κ3) is 2.96. The predicted octanol–water partition coefficient (Wildman–Crippen LogP) is 2.06. The Hall–Kier alpha value is -3.02.